The van der Waals surface area contributed by atoms with E-state index in [1.54, 1.807) is 11.8 Å². The molecule has 0 amide bonds. The lowest BCUT2D eigenvalue weighted by Crippen LogP contribution is -2.68. The van der Waals surface area contributed by atoms with Crippen LogP contribution in [0.25, 0.3) is 22.3 Å². The van der Waals surface area contributed by atoms with Gasteiger partial charge in [0.05, 0.1) is 5.69 Å². The van der Waals surface area contributed by atoms with Crippen molar-refractivity contribution < 1.29 is 8.78 Å². The Morgan fingerprint density at radius 2 is 0.938 bits per heavy atom. The largest absolute Gasteiger partial charge is 0.312 e. The zero-order valence-electron chi connectivity index (χ0n) is 36.9. The average Bonchev–Trinajstić information content (AvgIpc) is 3.31. The van der Waals surface area contributed by atoms with E-state index in [2.05, 4.69) is 180 Å². The molecule has 0 atom stereocenters. The predicted molar refractivity (Wildman–Crippen MR) is 269 cm³/mol. The van der Waals surface area contributed by atoms with E-state index < -0.39 is 11.6 Å². The number of benzene rings is 8. The Hall–Kier alpha value is -6.30. The second kappa shape index (κ2) is 14.6. The van der Waals surface area contributed by atoms with E-state index >= 15 is 8.78 Å². The van der Waals surface area contributed by atoms with E-state index in [-0.39, 0.29) is 30.9 Å². The van der Waals surface area contributed by atoms with Crippen LogP contribution in [0, 0.1) is 11.6 Å². The van der Waals surface area contributed by atoms with Crippen LogP contribution in [0.2, 0.25) is 0 Å². The molecule has 0 fully saturated rings. The Labute approximate surface area is 380 Å². The molecule has 8 aromatic rings. The molecule has 12 rings (SSSR count). The van der Waals surface area contributed by atoms with E-state index in [9.17, 15) is 0 Å². The summed E-state index contributed by atoms with van der Waals surface area (Å²) in [5.41, 5.74) is 20.1. The first kappa shape index (κ1) is 39.3. The lowest BCUT2D eigenvalue weighted by atomic mass is 9.29. The van der Waals surface area contributed by atoms with Gasteiger partial charge in [-0.1, -0.05) is 174 Å². The minimum Gasteiger partial charge on any atom is -0.312 e. The molecule has 0 saturated carbocycles. The highest BCUT2D eigenvalue weighted by Gasteiger charge is 2.52. The molecular formula is C57H46B2F2N2S. The molecule has 64 heavy (non-hydrogen) atoms. The molecule has 0 saturated heterocycles. The number of fused-ring (bicyclic) bond motifs is 10. The molecule has 0 aromatic heterocycles. The van der Waals surface area contributed by atoms with Crippen LogP contribution in [-0.2, 0) is 0 Å². The highest BCUT2D eigenvalue weighted by atomic mass is 32.2. The lowest BCUT2D eigenvalue weighted by Gasteiger charge is -2.50. The Morgan fingerprint density at radius 1 is 0.438 bits per heavy atom. The van der Waals surface area contributed by atoms with Gasteiger partial charge in [0.25, 0.3) is 6.71 Å². The molecule has 0 spiro atoms. The fraction of sp³-hybridized carbons (Fsp3) is 0.158. The van der Waals surface area contributed by atoms with Gasteiger partial charge in [0.15, 0.2) is 0 Å². The molecule has 310 valence electrons. The van der Waals surface area contributed by atoms with Gasteiger partial charge in [-0.05, 0) is 115 Å². The smallest absolute Gasteiger partial charge is 0.252 e. The van der Waals surface area contributed by atoms with Crippen molar-refractivity contribution in [2.45, 2.75) is 69.1 Å². The van der Waals surface area contributed by atoms with Crippen molar-refractivity contribution in [2.24, 2.45) is 0 Å². The average molecular weight is 851 g/mol. The summed E-state index contributed by atoms with van der Waals surface area (Å²) in [6.07, 6.45) is 0. The third-order valence-corrected chi connectivity index (χ3v) is 15.4. The van der Waals surface area contributed by atoms with Gasteiger partial charge in [0.1, 0.15) is 17.3 Å². The van der Waals surface area contributed by atoms with Crippen LogP contribution in [0.5, 0.6) is 0 Å². The molecule has 0 bridgehead atoms. The van der Waals surface area contributed by atoms with Crippen molar-refractivity contribution in [3.8, 4) is 22.3 Å². The number of halogens is 2. The normalized spacial score (nSPS) is 13.9. The first-order valence-electron chi connectivity index (χ1n) is 22.7. The molecule has 4 aliphatic heterocycles. The SMILES string of the molecule is CC(C)c1ccc2c(c1)B1c3ccccc3Sc3c1c1c4c(c3-c3ccccc3-c3ccccc3)N(c3c(F)cccc3F)c3ccc(C(C)C)cc3B4c3cc(C(C)C)ccc3N21. The van der Waals surface area contributed by atoms with Gasteiger partial charge in [0, 0.05) is 38.1 Å². The number of rotatable bonds is 6. The van der Waals surface area contributed by atoms with Crippen LogP contribution >= 0.6 is 11.8 Å². The van der Waals surface area contributed by atoms with Crippen molar-refractivity contribution in [1.82, 2.24) is 0 Å². The monoisotopic (exact) mass is 850 g/mol. The highest BCUT2D eigenvalue weighted by molar-refractivity contribution is 8.00. The van der Waals surface area contributed by atoms with E-state index in [0.717, 1.165) is 66.5 Å². The Kier molecular flexibility index (Phi) is 8.98. The van der Waals surface area contributed by atoms with Crippen molar-refractivity contribution in [1.29, 1.82) is 0 Å². The zero-order valence-corrected chi connectivity index (χ0v) is 37.7. The Morgan fingerprint density at radius 3 is 1.52 bits per heavy atom. The van der Waals surface area contributed by atoms with E-state index in [1.165, 1.54) is 61.6 Å². The first-order chi connectivity index (χ1) is 31.1. The molecule has 2 nitrogen and oxygen atoms in total. The minimum atomic E-state index is -0.601. The van der Waals surface area contributed by atoms with Gasteiger partial charge in [0.2, 0.25) is 6.71 Å². The second-order valence-electron chi connectivity index (χ2n) is 18.8. The predicted octanol–water partition coefficient (Wildman–Crippen LogP) is 12.0. The number of para-hydroxylation sites is 1. The maximum Gasteiger partial charge on any atom is 0.252 e. The van der Waals surface area contributed by atoms with Gasteiger partial charge in [-0.15, -0.1) is 0 Å². The summed E-state index contributed by atoms with van der Waals surface area (Å²) >= 11 is 1.80. The summed E-state index contributed by atoms with van der Waals surface area (Å²) < 4.78 is 34.1. The summed E-state index contributed by atoms with van der Waals surface area (Å²) in [6, 6.07) is 53.1. The molecule has 0 radical (unpaired) electrons. The third-order valence-electron chi connectivity index (χ3n) is 14.2. The molecule has 0 aliphatic carbocycles. The van der Waals surface area contributed by atoms with Crippen molar-refractivity contribution in [3.63, 3.8) is 0 Å². The summed E-state index contributed by atoms with van der Waals surface area (Å²) in [4.78, 5) is 6.80. The Balaban J connectivity index is 1.34. The minimum absolute atomic E-state index is 0.0647. The van der Waals surface area contributed by atoms with Gasteiger partial charge in [-0.2, -0.15) is 0 Å². The molecule has 4 heterocycles. The van der Waals surface area contributed by atoms with Gasteiger partial charge in [-0.25, -0.2) is 8.78 Å². The lowest BCUT2D eigenvalue weighted by molar-refractivity contribution is 0.586. The number of nitrogens with zero attached hydrogens (tertiary/aromatic N) is 2. The number of hydrogen-bond donors (Lipinski definition) is 0. The van der Waals surface area contributed by atoms with Crippen LogP contribution in [0.4, 0.5) is 42.9 Å². The number of anilines is 6. The van der Waals surface area contributed by atoms with Crippen molar-refractivity contribution >= 4 is 92.1 Å². The van der Waals surface area contributed by atoms with E-state index in [0.29, 0.717) is 5.92 Å². The standard InChI is InChI=1S/C57H46B2F2N2S/c1-32(2)36-23-26-47-42(29-36)58-41-19-12-13-22-50(41)64-57-51(40-18-11-10-17-39(40)35-15-8-7-9-16-35)55-52-56(53(57)58)62(47)48-27-24-37(33(3)4)30-43(48)59(52)44-31-38(34(5)6)25-28-49(44)63(55)54-45(60)20-14-21-46(54)61/h7-34H,1-6H3. The number of hydrogen-bond acceptors (Lipinski definition) is 3. The molecule has 8 aromatic carbocycles. The van der Waals surface area contributed by atoms with Crippen LogP contribution in [-0.4, -0.2) is 13.4 Å². The summed E-state index contributed by atoms with van der Waals surface area (Å²) in [5, 5.41) is 0. The van der Waals surface area contributed by atoms with Crippen molar-refractivity contribution in [3.05, 3.63) is 180 Å². The van der Waals surface area contributed by atoms with Gasteiger partial charge in [-0.3, -0.25) is 0 Å². The fourth-order valence-corrected chi connectivity index (χ4v) is 12.4. The summed E-state index contributed by atoms with van der Waals surface area (Å²) in [6.45, 7) is 13.2. The van der Waals surface area contributed by atoms with Crippen molar-refractivity contribution in [2.75, 3.05) is 9.80 Å². The maximum absolute atomic E-state index is 17.1. The van der Waals surface area contributed by atoms with E-state index in [4.69, 9.17) is 0 Å². The molecule has 7 heteroatoms. The molecular weight excluding hydrogens is 804 g/mol. The van der Waals surface area contributed by atoms with Crippen LogP contribution < -0.4 is 42.6 Å². The fourth-order valence-electron chi connectivity index (χ4n) is 11.1. The summed E-state index contributed by atoms with van der Waals surface area (Å²) in [7, 11) is 0. The van der Waals surface area contributed by atoms with Gasteiger partial charge >= 0.3 is 0 Å². The highest BCUT2D eigenvalue weighted by Crippen LogP contribution is 2.55. The maximum atomic E-state index is 17.1. The molecule has 0 unspecified atom stereocenters. The molecule has 0 N–H and O–H groups in total. The zero-order chi connectivity index (χ0) is 43.7. The van der Waals surface area contributed by atoms with Gasteiger partial charge < -0.3 is 9.80 Å². The second-order valence-corrected chi connectivity index (χ2v) is 19.9. The van der Waals surface area contributed by atoms with Crippen LogP contribution in [0.1, 0.15) is 76.0 Å². The van der Waals surface area contributed by atoms with Crippen LogP contribution in [0.3, 0.4) is 0 Å². The first-order valence-corrected chi connectivity index (χ1v) is 23.5. The summed E-state index contributed by atoms with van der Waals surface area (Å²) in [5.74, 6) is -0.344. The molecule has 4 aliphatic rings. The topological polar surface area (TPSA) is 6.48 Å². The Bertz CT molecular complexity index is 3230. The van der Waals surface area contributed by atoms with Crippen LogP contribution in [0.15, 0.2) is 161 Å². The quantitative estimate of drug-likeness (QED) is 0.154. The van der Waals surface area contributed by atoms with E-state index in [1.807, 2.05) is 4.90 Å². The third kappa shape index (κ3) is 5.59.